The van der Waals surface area contributed by atoms with Crippen LogP contribution in [0.5, 0.6) is 11.5 Å². The molecule has 1 saturated carbocycles. The number of benzene rings is 1. The van der Waals surface area contributed by atoms with Crippen LogP contribution in [-0.4, -0.2) is 48.4 Å². The zero-order valence-corrected chi connectivity index (χ0v) is 20.6. The lowest BCUT2D eigenvalue weighted by atomic mass is 10.1. The van der Waals surface area contributed by atoms with Gasteiger partial charge in [-0.15, -0.1) is 0 Å². The normalized spacial score (nSPS) is 21.8. The minimum absolute atomic E-state index is 0.0162. The number of carbonyl (C=O) groups excluding carboxylic acids is 1. The summed E-state index contributed by atoms with van der Waals surface area (Å²) >= 11 is 0. The Hall–Kier alpha value is -3.10. The number of rotatable bonds is 8. The van der Waals surface area contributed by atoms with Gasteiger partial charge in [-0.05, 0) is 57.5 Å². The minimum atomic E-state index is -2.58. The van der Waals surface area contributed by atoms with Crippen molar-refractivity contribution in [3.8, 4) is 11.5 Å². The average molecular weight is 490 g/mol. The van der Waals surface area contributed by atoms with Gasteiger partial charge < -0.3 is 24.4 Å². The molecule has 0 radical (unpaired) electrons. The van der Waals surface area contributed by atoms with Gasteiger partial charge in [0.05, 0.1) is 31.3 Å². The molecule has 2 fully saturated rings. The SMILES string of the molecule is C[C@H](NC(=O)OC(C)(C)C)c1ccc(O[C@@H]2CCN(c3ccc(OCC4CC4(F)F)cn3)C2)cc1. The molecular formula is C26H33F2N3O4. The molecule has 0 bridgehead atoms. The Morgan fingerprint density at radius 3 is 2.49 bits per heavy atom. The number of amides is 1. The van der Waals surface area contributed by atoms with Gasteiger partial charge in [0.1, 0.15) is 29.0 Å². The summed E-state index contributed by atoms with van der Waals surface area (Å²) in [6, 6.07) is 11.1. The van der Waals surface area contributed by atoms with Gasteiger partial charge >= 0.3 is 6.09 Å². The van der Waals surface area contributed by atoms with Crippen molar-refractivity contribution in [2.24, 2.45) is 5.92 Å². The second-order valence-electron chi connectivity index (χ2n) is 10.2. The smallest absolute Gasteiger partial charge is 0.408 e. The van der Waals surface area contributed by atoms with Crippen molar-refractivity contribution in [3.05, 3.63) is 48.2 Å². The first kappa shape index (κ1) is 25.0. The summed E-state index contributed by atoms with van der Waals surface area (Å²) in [7, 11) is 0. The van der Waals surface area contributed by atoms with Crippen molar-refractivity contribution < 1.29 is 27.8 Å². The molecule has 9 heteroatoms. The topological polar surface area (TPSA) is 72.9 Å². The van der Waals surface area contributed by atoms with E-state index in [4.69, 9.17) is 14.2 Å². The Labute approximate surface area is 204 Å². The maximum Gasteiger partial charge on any atom is 0.408 e. The van der Waals surface area contributed by atoms with Crippen LogP contribution in [0.25, 0.3) is 0 Å². The number of pyridine rings is 1. The maximum atomic E-state index is 13.0. The van der Waals surface area contributed by atoms with Gasteiger partial charge in [-0.1, -0.05) is 12.1 Å². The molecule has 1 aliphatic heterocycles. The van der Waals surface area contributed by atoms with Gasteiger partial charge in [0.2, 0.25) is 0 Å². The number of hydrogen-bond donors (Lipinski definition) is 1. The van der Waals surface area contributed by atoms with Gasteiger partial charge in [0.15, 0.2) is 0 Å². The summed E-state index contributed by atoms with van der Waals surface area (Å²) in [6.07, 6.45) is 1.91. The van der Waals surface area contributed by atoms with Crippen LogP contribution >= 0.6 is 0 Å². The van der Waals surface area contributed by atoms with Crippen molar-refractivity contribution in [3.63, 3.8) is 0 Å². The third-order valence-electron chi connectivity index (χ3n) is 6.01. The molecule has 4 rings (SSSR count). The molecule has 1 aromatic carbocycles. The molecule has 2 aliphatic rings. The van der Waals surface area contributed by atoms with E-state index in [1.807, 2.05) is 58.0 Å². The van der Waals surface area contributed by atoms with E-state index in [9.17, 15) is 13.6 Å². The zero-order valence-electron chi connectivity index (χ0n) is 20.6. The van der Waals surface area contributed by atoms with E-state index in [1.165, 1.54) is 0 Å². The molecule has 1 aromatic heterocycles. The Morgan fingerprint density at radius 2 is 1.89 bits per heavy atom. The average Bonchev–Trinajstić information content (AvgIpc) is 3.15. The van der Waals surface area contributed by atoms with Crippen LogP contribution in [-0.2, 0) is 4.74 Å². The molecule has 0 spiro atoms. The molecule has 2 heterocycles. The number of ether oxygens (including phenoxy) is 3. The van der Waals surface area contributed by atoms with Crippen molar-refractivity contribution in [2.45, 2.75) is 64.2 Å². The Kier molecular flexibility index (Phi) is 7.05. The van der Waals surface area contributed by atoms with Crippen LogP contribution in [0.15, 0.2) is 42.6 Å². The Balaban J connectivity index is 1.23. The summed E-state index contributed by atoms with van der Waals surface area (Å²) in [5.41, 5.74) is 0.409. The highest BCUT2D eigenvalue weighted by Crippen LogP contribution is 2.48. The lowest BCUT2D eigenvalue weighted by molar-refractivity contribution is 0.0507. The first-order valence-electron chi connectivity index (χ1n) is 12.0. The second kappa shape index (κ2) is 9.87. The van der Waals surface area contributed by atoms with Crippen LogP contribution in [0.1, 0.15) is 52.1 Å². The number of hydrogen-bond acceptors (Lipinski definition) is 6. The molecule has 1 amide bonds. The van der Waals surface area contributed by atoms with E-state index in [0.717, 1.165) is 30.1 Å². The van der Waals surface area contributed by atoms with Gasteiger partial charge in [-0.25, -0.2) is 18.6 Å². The van der Waals surface area contributed by atoms with E-state index in [0.29, 0.717) is 12.3 Å². The van der Waals surface area contributed by atoms with Crippen molar-refractivity contribution in [1.29, 1.82) is 0 Å². The third kappa shape index (κ3) is 6.96. The zero-order chi connectivity index (χ0) is 25.2. The highest BCUT2D eigenvalue weighted by molar-refractivity contribution is 5.68. The van der Waals surface area contributed by atoms with E-state index in [-0.39, 0.29) is 25.2 Å². The summed E-state index contributed by atoms with van der Waals surface area (Å²) in [5.74, 6) is -1.19. The van der Waals surface area contributed by atoms with E-state index in [2.05, 4.69) is 15.2 Å². The standard InChI is InChI=1S/C26H33F2N3O4/c1-17(30-24(32)35-25(2,3)4)18-5-7-20(8-6-18)34-22-11-12-31(15-22)23-10-9-21(14-29-23)33-16-19-13-26(19,27)28/h5-10,14,17,19,22H,11-13,15-16H2,1-4H3,(H,30,32)/t17-,19?,22+/m0/s1. The van der Waals surface area contributed by atoms with Crippen LogP contribution < -0.4 is 19.7 Å². The summed E-state index contributed by atoms with van der Waals surface area (Å²) < 4.78 is 42.8. The molecule has 3 atom stereocenters. The van der Waals surface area contributed by atoms with Crippen LogP contribution in [0, 0.1) is 5.92 Å². The summed E-state index contributed by atoms with van der Waals surface area (Å²) in [4.78, 5) is 18.5. The van der Waals surface area contributed by atoms with Gasteiger partial charge in [-0.3, -0.25) is 0 Å². The predicted octanol–water partition coefficient (Wildman–Crippen LogP) is 5.36. The molecule has 1 saturated heterocycles. The summed E-state index contributed by atoms with van der Waals surface area (Å²) in [6.45, 7) is 8.90. The van der Waals surface area contributed by atoms with Gasteiger partial charge in [-0.2, -0.15) is 0 Å². The summed E-state index contributed by atoms with van der Waals surface area (Å²) in [5, 5.41) is 2.84. The number of alkyl carbamates (subject to hydrolysis) is 1. The van der Waals surface area contributed by atoms with E-state index in [1.54, 1.807) is 12.3 Å². The van der Waals surface area contributed by atoms with Crippen LogP contribution in [0.4, 0.5) is 19.4 Å². The molecule has 1 unspecified atom stereocenters. The van der Waals surface area contributed by atoms with E-state index < -0.39 is 23.5 Å². The molecule has 1 aliphatic carbocycles. The lowest BCUT2D eigenvalue weighted by Crippen LogP contribution is -2.34. The highest BCUT2D eigenvalue weighted by Gasteiger charge is 2.57. The van der Waals surface area contributed by atoms with Gasteiger partial charge in [0.25, 0.3) is 5.92 Å². The number of anilines is 1. The van der Waals surface area contributed by atoms with Gasteiger partial charge in [0, 0.05) is 19.4 Å². The quantitative estimate of drug-likeness (QED) is 0.538. The minimum Gasteiger partial charge on any atom is -0.491 e. The molecule has 35 heavy (non-hydrogen) atoms. The monoisotopic (exact) mass is 489 g/mol. The maximum absolute atomic E-state index is 13.0. The lowest BCUT2D eigenvalue weighted by Gasteiger charge is -2.22. The molecule has 190 valence electrons. The highest BCUT2D eigenvalue weighted by atomic mass is 19.3. The number of nitrogens with one attached hydrogen (secondary N) is 1. The number of aromatic nitrogens is 1. The number of nitrogens with zero attached hydrogens (tertiary/aromatic N) is 2. The molecule has 1 N–H and O–H groups in total. The first-order valence-corrected chi connectivity index (χ1v) is 12.0. The fourth-order valence-electron chi connectivity index (χ4n) is 3.92. The fourth-order valence-corrected chi connectivity index (χ4v) is 3.92. The number of alkyl halides is 2. The molecular weight excluding hydrogens is 456 g/mol. The number of carbonyl (C=O) groups is 1. The Morgan fingerprint density at radius 1 is 1.20 bits per heavy atom. The van der Waals surface area contributed by atoms with E-state index >= 15 is 0 Å². The predicted molar refractivity (Wildman–Crippen MR) is 128 cm³/mol. The second-order valence-corrected chi connectivity index (χ2v) is 10.2. The van der Waals surface area contributed by atoms with Crippen molar-refractivity contribution in [1.82, 2.24) is 10.3 Å². The first-order chi connectivity index (χ1) is 16.5. The fraction of sp³-hybridized carbons (Fsp3) is 0.538. The van der Waals surface area contributed by atoms with Crippen LogP contribution in [0.3, 0.4) is 0 Å². The molecule has 7 nitrogen and oxygen atoms in total. The Bertz CT molecular complexity index is 1010. The molecule has 2 aromatic rings. The largest absolute Gasteiger partial charge is 0.491 e. The van der Waals surface area contributed by atoms with Crippen LogP contribution in [0.2, 0.25) is 0 Å². The van der Waals surface area contributed by atoms with Crippen molar-refractivity contribution >= 4 is 11.9 Å². The number of halogens is 2. The third-order valence-corrected chi connectivity index (χ3v) is 6.01. The van der Waals surface area contributed by atoms with Crippen molar-refractivity contribution in [2.75, 3.05) is 24.6 Å².